The predicted molar refractivity (Wildman–Crippen MR) is 40.7 cm³/mol. The van der Waals surface area contributed by atoms with E-state index in [4.69, 9.17) is 16.8 Å². The number of carbonyl (C=O) groups excluding carboxylic acids is 1. The molecular formula is C4H7N7O. The van der Waals surface area contributed by atoms with Crippen molar-refractivity contribution in [3.63, 3.8) is 0 Å². The first kappa shape index (κ1) is 10.1. The third-order valence-corrected chi connectivity index (χ3v) is 1.13. The highest BCUT2D eigenvalue weighted by Crippen LogP contribution is 1.97. The number of primary amides is 1. The number of hydrogen-bond acceptors (Lipinski definition) is 3. The molecule has 0 radical (unpaired) electrons. The normalized spacial score (nSPS) is 10.7. The molecule has 0 bridgehead atoms. The molecule has 0 aromatic carbocycles. The van der Waals surface area contributed by atoms with Crippen molar-refractivity contribution in [2.75, 3.05) is 13.1 Å². The number of nitrogens with two attached hydrogens (primary N) is 1. The molecule has 0 aliphatic rings. The van der Waals surface area contributed by atoms with Gasteiger partial charge in [0.05, 0.1) is 0 Å². The summed E-state index contributed by atoms with van der Waals surface area (Å²) in [6, 6.07) is 0. The molecular weight excluding hydrogens is 162 g/mol. The van der Waals surface area contributed by atoms with Crippen LogP contribution < -0.4 is 5.73 Å². The zero-order valence-corrected chi connectivity index (χ0v) is 6.16. The summed E-state index contributed by atoms with van der Waals surface area (Å²) in [6.45, 7) is -0.157. The molecule has 0 heterocycles. The molecule has 8 nitrogen and oxygen atoms in total. The molecule has 2 N–H and O–H groups in total. The Hall–Kier alpha value is -1.91. The van der Waals surface area contributed by atoms with Crippen LogP contribution in [0.5, 0.6) is 0 Å². The zero-order valence-electron chi connectivity index (χ0n) is 6.16. The molecule has 8 heteroatoms. The molecule has 0 atom stereocenters. The molecule has 0 rings (SSSR count). The van der Waals surface area contributed by atoms with Crippen LogP contribution in [-0.4, -0.2) is 19.0 Å². The van der Waals surface area contributed by atoms with Gasteiger partial charge in [-0.1, -0.05) is 10.2 Å². The van der Waals surface area contributed by atoms with Crippen LogP contribution in [0.25, 0.3) is 20.9 Å². The first-order valence-electron chi connectivity index (χ1n) is 3.03. The highest BCUT2D eigenvalue weighted by Gasteiger charge is 2.12. The minimum absolute atomic E-state index is 0.0785. The van der Waals surface area contributed by atoms with Crippen LogP contribution in [0.3, 0.4) is 0 Å². The van der Waals surface area contributed by atoms with Gasteiger partial charge < -0.3 is 5.73 Å². The third-order valence-electron chi connectivity index (χ3n) is 1.13. The van der Waals surface area contributed by atoms with Crippen molar-refractivity contribution in [2.45, 2.75) is 0 Å². The maximum absolute atomic E-state index is 10.6. The van der Waals surface area contributed by atoms with Gasteiger partial charge in [0.25, 0.3) is 0 Å². The van der Waals surface area contributed by atoms with Gasteiger partial charge in [-0.15, -0.1) is 0 Å². The van der Waals surface area contributed by atoms with E-state index in [1.165, 1.54) is 0 Å². The Morgan fingerprint density at radius 1 is 1.33 bits per heavy atom. The van der Waals surface area contributed by atoms with Gasteiger partial charge in [-0.3, -0.25) is 4.79 Å². The first-order valence-corrected chi connectivity index (χ1v) is 3.03. The van der Waals surface area contributed by atoms with Crippen LogP contribution in [0.4, 0.5) is 0 Å². The summed E-state index contributed by atoms with van der Waals surface area (Å²) in [6.07, 6.45) is 0. The van der Waals surface area contributed by atoms with Crippen molar-refractivity contribution in [2.24, 2.45) is 21.9 Å². The number of carbonyl (C=O) groups is 1. The summed E-state index contributed by atoms with van der Waals surface area (Å²) in [5.41, 5.74) is 20.8. The molecule has 0 saturated carbocycles. The van der Waals surface area contributed by atoms with Crippen LogP contribution in [0.2, 0.25) is 0 Å². The zero-order chi connectivity index (χ0) is 9.40. The van der Waals surface area contributed by atoms with E-state index in [-0.39, 0.29) is 13.1 Å². The molecule has 0 aliphatic carbocycles. The molecule has 0 unspecified atom stereocenters. The molecule has 0 aromatic heterocycles. The van der Waals surface area contributed by atoms with Crippen molar-refractivity contribution >= 4 is 5.91 Å². The van der Waals surface area contributed by atoms with Gasteiger partial charge in [-0.2, -0.15) is 0 Å². The van der Waals surface area contributed by atoms with Gasteiger partial charge in [-0.25, -0.2) is 0 Å². The second-order valence-corrected chi connectivity index (χ2v) is 1.93. The summed E-state index contributed by atoms with van der Waals surface area (Å²) < 4.78 is 0. The van der Waals surface area contributed by atoms with Gasteiger partial charge in [-0.05, 0) is 11.1 Å². The minimum Gasteiger partial charge on any atom is -0.369 e. The summed E-state index contributed by atoms with van der Waals surface area (Å²) >= 11 is 0. The van der Waals surface area contributed by atoms with Crippen molar-refractivity contribution in [3.05, 3.63) is 20.9 Å². The lowest BCUT2D eigenvalue weighted by Crippen LogP contribution is -2.27. The van der Waals surface area contributed by atoms with Crippen molar-refractivity contribution in [1.29, 1.82) is 0 Å². The van der Waals surface area contributed by atoms with Crippen molar-refractivity contribution in [1.82, 2.24) is 0 Å². The van der Waals surface area contributed by atoms with E-state index in [2.05, 4.69) is 20.1 Å². The highest BCUT2D eigenvalue weighted by molar-refractivity contribution is 5.77. The molecule has 1 amide bonds. The van der Waals surface area contributed by atoms with E-state index in [0.717, 1.165) is 0 Å². The lowest BCUT2D eigenvalue weighted by molar-refractivity contribution is -0.121. The Morgan fingerprint density at radius 3 is 2.00 bits per heavy atom. The van der Waals surface area contributed by atoms with Crippen LogP contribution >= 0.6 is 0 Å². The SMILES string of the molecule is [N-]=[N+]=NCC(CN=[N+]=[N-])C(N)=O. The molecule has 0 aliphatic heterocycles. The Morgan fingerprint density at radius 2 is 1.75 bits per heavy atom. The van der Waals surface area contributed by atoms with E-state index in [1.807, 2.05) is 0 Å². The molecule has 12 heavy (non-hydrogen) atoms. The Balaban J connectivity index is 4.12. The Kier molecular flexibility index (Phi) is 4.91. The Bertz CT molecular complexity index is 228. The van der Waals surface area contributed by atoms with E-state index in [0.29, 0.717) is 0 Å². The molecule has 0 saturated heterocycles. The van der Waals surface area contributed by atoms with E-state index >= 15 is 0 Å². The second kappa shape index (κ2) is 5.84. The van der Waals surface area contributed by atoms with Gasteiger partial charge >= 0.3 is 0 Å². The van der Waals surface area contributed by atoms with Gasteiger partial charge in [0, 0.05) is 28.8 Å². The molecule has 0 fully saturated rings. The van der Waals surface area contributed by atoms with Gasteiger partial charge in [0.15, 0.2) is 0 Å². The molecule has 0 aromatic rings. The fraction of sp³-hybridized carbons (Fsp3) is 0.750. The lowest BCUT2D eigenvalue weighted by atomic mass is 10.1. The smallest absolute Gasteiger partial charge is 0.220 e. The Labute approximate surface area is 67.6 Å². The number of azide groups is 2. The number of hydrogen-bond donors (Lipinski definition) is 1. The average molecular weight is 169 g/mol. The maximum Gasteiger partial charge on any atom is 0.220 e. The predicted octanol–water partition coefficient (Wildman–Crippen LogP) is 0.709. The maximum atomic E-state index is 10.6. The summed E-state index contributed by atoms with van der Waals surface area (Å²) in [5.74, 6) is -1.36. The first-order chi connectivity index (χ1) is 5.72. The number of rotatable bonds is 5. The van der Waals surface area contributed by atoms with Gasteiger partial charge in [0.1, 0.15) is 0 Å². The fourth-order valence-electron chi connectivity index (χ4n) is 0.508. The lowest BCUT2D eigenvalue weighted by Gasteiger charge is -2.04. The highest BCUT2D eigenvalue weighted by atomic mass is 16.1. The molecule has 64 valence electrons. The van der Waals surface area contributed by atoms with Gasteiger partial charge in [0.2, 0.25) is 5.91 Å². The van der Waals surface area contributed by atoms with Crippen molar-refractivity contribution in [3.8, 4) is 0 Å². The van der Waals surface area contributed by atoms with Crippen molar-refractivity contribution < 1.29 is 4.79 Å². The fourth-order valence-corrected chi connectivity index (χ4v) is 0.508. The number of amides is 1. The summed E-state index contributed by atoms with van der Waals surface area (Å²) in [7, 11) is 0. The van der Waals surface area contributed by atoms with Crippen LogP contribution in [-0.2, 0) is 4.79 Å². The largest absolute Gasteiger partial charge is 0.369 e. The van der Waals surface area contributed by atoms with Crippen LogP contribution in [0.1, 0.15) is 0 Å². The monoisotopic (exact) mass is 169 g/mol. The summed E-state index contributed by atoms with van der Waals surface area (Å²) in [5, 5.41) is 6.29. The topological polar surface area (TPSA) is 141 Å². The van der Waals surface area contributed by atoms with Crippen LogP contribution in [0.15, 0.2) is 10.2 Å². The van der Waals surface area contributed by atoms with E-state index in [1.54, 1.807) is 0 Å². The molecule has 0 spiro atoms. The van der Waals surface area contributed by atoms with E-state index < -0.39 is 11.8 Å². The average Bonchev–Trinajstić information content (AvgIpc) is 2.04. The van der Waals surface area contributed by atoms with E-state index in [9.17, 15) is 4.79 Å². The minimum atomic E-state index is -0.711. The summed E-state index contributed by atoms with van der Waals surface area (Å²) in [4.78, 5) is 15.5. The number of nitrogens with zero attached hydrogens (tertiary/aromatic N) is 6. The third kappa shape index (κ3) is 3.99. The second-order valence-electron chi connectivity index (χ2n) is 1.93. The quantitative estimate of drug-likeness (QED) is 0.361. The van der Waals surface area contributed by atoms with Crippen LogP contribution in [0, 0.1) is 5.92 Å². The standard InChI is InChI=1S/C4H7N7O/c5-4(12)3(1-8-10-6)2-9-11-7/h3H,1-2H2,(H2,5,12).